The van der Waals surface area contributed by atoms with Gasteiger partial charge in [0.15, 0.2) is 0 Å². The van der Waals surface area contributed by atoms with Crippen molar-refractivity contribution in [2.45, 2.75) is 31.2 Å². The molecular weight excluding hydrogens is 286 g/mol. The summed E-state index contributed by atoms with van der Waals surface area (Å²) >= 11 is 0. The summed E-state index contributed by atoms with van der Waals surface area (Å²) in [6.07, 6.45) is 3.48. The maximum atomic E-state index is 12.2. The van der Waals surface area contributed by atoms with E-state index in [0.29, 0.717) is 6.42 Å². The first-order valence-electron chi connectivity index (χ1n) is 6.82. The Morgan fingerprint density at radius 3 is 2.71 bits per heavy atom. The van der Waals surface area contributed by atoms with E-state index in [1.54, 1.807) is 24.3 Å². The normalized spacial score (nSPS) is 16.7. The van der Waals surface area contributed by atoms with Crippen LogP contribution in [-0.4, -0.2) is 18.7 Å². The summed E-state index contributed by atoms with van der Waals surface area (Å²) in [7, 11) is -3.58. The zero-order valence-corrected chi connectivity index (χ0v) is 12.6. The van der Waals surface area contributed by atoms with E-state index >= 15 is 0 Å². The van der Waals surface area contributed by atoms with Crippen LogP contribution in [0.15, 0.2) is 52.6 Å². The fourth-order valence-electron chi connectivity index (χ4n) is 2.37. The van der Waals surface area contributed by atoms with Gasteiger partial charge in [-0.3, -0.25) is 0 Å². The first-order chi connectivity index (χ1) is 10.0. The predicted molar refractivity (Wildman–Crippen MR) is 81.7 cm³/mol. The third-order valence-corrected chi connectivity index (χ3v) is 4.83. The van der Waals surface area contributed by atoms with Crippen LogP contribution in [0.3, 0.4) is 0 Å². The Morgan fingerprint density at radius 2 is 1.95 bits per heavy atom. The zero-order chi connectivity index (χ0) is 14.9. The van der Waals surface area contributed by atoms with E-state index in [2.05, 4.69) is 14.5 Å². The van der Waals surface area contributed by atoms with Gasteiger partial charge in [0.2, 0.25) is 0 Å². The van der Waals surface area contributed by atoms with Crippen molar-refractivity contribution in [2.75, 3.05) is 0 Å². The molecule has 2 aromatic rings. The number of aryl methyl sites for hydroxylation is 2. The molecule has 3 rings (SSSR count). The molecule has 0 radical (unpaired) electrons. The van der Waals surface area contributed by atoms with E-state index in [9.17, 15) is 8.42 Å². The molecule has 1 aromatic heterocycles. The lowest BCUT2D eigenvalue weighted by Gasteiger charge is -2.17. The third kappa shape index (κ3) is 3.00. The van der Waals surface area contributed by atoms with Gasteiger partial charge in [-0.1, -0.05) is 17.7 Å². The largest absolute Gasteiger partial charge is 0.351 e. The van der Waals surface area contributed by atoms with Gasteiger partial charge in [0.25, 0.3) is 10.0 Å². The van der Waals surface area contributed by atoms with Crippen molar-refractivity contribution >= 4 is 15.7 Å². The molecule has 0 amide bonds. The second-order valence-electron chi connectivity index (χ2n) is 5.21. The molecule has 1 N–H and O–H groups in total. The number of hydrazone groups is 1. The van der Waals surface area contributed by atoms with Gasteiger partial charge in [-0.2, -0.15) is 13.5 Å². The maximum absolute atomic E-state index is 12.2. The second-order valence-corrected chi connectivity index (χ2v) is 6.87. The number of nitrogens with one attached hydrogen (secondary N) is 1. The highest BCUT2D eigenvalue weighted by Crippen LogP contribution is 2.14. The van der Waals surface area contributed by atoms with Crippen LogP contribution in [-0.2, 0) is 23.0 Å². The van der Waals surface area contributed by atoms with Crippen molar-refractivity contribution in [3.05, 3.63) is 53.9 Å². The Bertz CT molecular complexity index is 774. The summed E-state index contributed by atoms with van der Waals surface area (Å²) in [4.78, 5) is 2.57. The van der Waals surface area contributed by atoms with Crippen molar-refractivity contribution in [2.24, 2.45) is 5.10 Å². The average molecular weight is 303 g/mol. The molecule has 0 saturated heterocycles. The van der Waals surface area contributed by atoms with E-state index in [-0.39, 0.29) is 4.90 Å². The molecule has 0 bridgehead atoms. The van der Waals surface area contributed by atoms with Crippen molar-refractivity contribution in [3.8, 4) is 0 Å². The molecule has 1 aliphatic rings. The van der Waals surface area contributed by atoms with Crippen molar-refractivity contribution < 1.29 is 8.42 Å². The minimum Gasteiger partial charge on any atom is -0.351 e. The molecule has 0 spiro atoms. The fourth-order valence-corrected chi connectivity index (χ4v) is 3.21. The van der Waals surface area contributed by atoms with E-state index < -0.39 is 10.0 Å². The molecule has 1 aliphatic heterocycles. The van der Waals surface area contributed by atoms with Gasteiger partial charge in [-0.25, -0.2) is 4.83 Å². The number of hydrogen-bond donors (Lipinski definition) is 1. The minimum atomic E-state index is -3.58. The van der Waals surface area contributed by atoms with E-state index in [1.807, 2.05) is 25.3 Å². The SMILES string of the molecule is Cc1ccc(S(=O)(=O)N/N=C2/CCn3cccc3C2)cc1. The highest BCUT2D eigenvalue weighted by Gasteiger charge is 2.16. The Kier molecular flexibility index (Phi) is 3.55. The van der Waals surface area contributed by atoms with Gasteiger partial charge in [-0.15, -0.1) is 0 Å². The van der Waals surface area contributed by atoms with Crippen LogP contribution in [0.5, 0.6) is 0 Å². The van der Waals surface area contributed by atoms with Crippen molar-refractivity contribution in [3.63, 3.8) is 0 Å². The number of fused-ring (bicyclic) bond motifs is 1. The molecule has 21 heavy (non-hydrogen) atoms. The van der Waals surface area contributed by atoms with Gasteiger partial charge < -0.3 is 4.57 Å². The molecule has 5 nitrogen and oxygen atoms in total. The smallest absolute Gasteiger partial charge is 0.276 e. The molecule has 1 aromatic carbocycles. The molecule has 2 heterocycles. The summed E-state index contributed by atoms with van der Waals surface area (Å²) < 4.78 is 26.5. The molecular formula is C15H17N3O2S. The monoisotopic (exact) mass is 303 g/mol. The number of hydrogen-bond acceptors (Lipinski definition) is 3. The fraction of sp³-hybridized carbons (Fsp3) is 0.267. The highest BCUT2D eigenvalue weighted by atomic mass is 32.2. The first kappa shape index (κ1) is 13.9. The highest BCUT2D eigenvalue weighted by molar-refractivity contribution is 7.89. The predicted octanol–water partition coefficient (Wildman–Crippen LogP) is 2.08. The number of nitrogens with zero attached hydrogens (tertiary/aromatic N) is 2. The first-order valence-corrected chi connectivity index (χ1v) is 8.31. The lowest BCUT2D eigenvalue weighted by molar-refractivity contribution is 0.583. The van der Waals surface area contributed by atoms with Gasteiger partial charge in [0.05, 0.1) is 4.90 Å². The van der Waals surface area contributed by atoms with Gasteiger partial charge in [0.1, 0.15) is 0 Å². The summed E-state index contributed by atoms with van der Waals surface area (Å²) in [5, 5.41) is 4.10. The molecule has 0 saturated carbocycles. The summed E-state index contributed by atoms with van der Waals surface area (Å²) in [5.74, 6) is 0. The van der Waals surface area contributed by atoms with Gasteiger partial charge in [0, 0.05) is 37.0 Å². The molecule has 0 atom stereocenters. The lowest BCUT2D eigenvalue weighted by atomic mass is 10.1. The van der Waals surface area contributed by atoms with Gasteiger partial charge >= 0.3 is 0 Å². The van der Waals surface area contributed by atoms with E-state index in [0.717, 1.165) is 29.9 Å². The molecule has 0 unspecified atom stereocenters. The Hall–Kier alpha value is -2.08. The molecule has 6 heteroatoms. The van der Waals surface area contributed by atoms with Crippen molar-refractivity contribution in [1.82, 2.24) is 9.40 Å². The lowest BCUT2D eigenvalue weighted by Crippen LogP contribution is -2.24. The average Bonchev–Trinajstić information content (AvgIpc) is 2.93. The quantitative estimate of drug-likeness (QED) is 0.882. The second kappa shape index (κ2) is 5.37. The maximum Gasteiger partial charge on any atom is 0.276 e. The topological polar surface area (TPSA) is 63.5 Å². The molecule has 110 valence electrons. The number of benzene rings is 1. The van der Waals surface area contributed by atoms with Crippen LogP contribution in [0, 0.1) is 6.92 Å². The van der Waals surface area contributed by atoms with Gasteiger partial charge in [-0.05, 0) is 31.2 Å². The Labute approximate surface area is 124 Å². The standard InChI is InChI=1S/C15H17N3O2S/c1-12-4-6-15(7-5-12)21(19,20)17-16-13-8-10-18-9-2-3-14(18)11-13/h2-7,9,17H,8,10-11H2,1H3/b16-13-. The number of rotatable bonds is 3. The van der Waals surface area contributed by atoms with Crippen LogP contribution in [0.25, 0.3) is 0 Å². The molecule has 0 fully saturated rings. The molecule has 0 aliphatic carbocycles. The van der Waals surface area contributed by atoms with E-state index in [1.165, 1.54) is 0 Å². The van der Waals surface area contributed by atoms with Crippen LogP contribution in [0.4, 0.5) is 0 Å². The summed E-state index contributed by atoms with van der Waals surface area (Å²) in [6, 6.07) is 10.7. The Morgan fingerprint density at radius 1 is 1.19 bits per heavy atom. The van der Waals surface area contributed by atoms with Crippen LogP contribution in [0.1, 0.15) is 17.7 Å². The number of aromatic nitrogens is 1. The zero-order valence-electron chi connectivity index (χ0n) is 11.8. The third-order valence-electron chi connectivity index (χ3n) is 3.61. The minimum absolute atomic E-state index is 0.233. The van der Waals surface area contributed by atoms with Crippen LogP contribution in [0.2, 0.25) is 0 Å². The van der Waals surface area contributed by atoms with E-state index in [4.69, 9.17) is 0 Å². The van der Waals surface area contributed by atoms with Crippen LogP contribution < -0.4 is 4.83 Å². The number of sulfonamides is 1. The Balaban J connectivity index is 1.75. The van der Waals surface area contributed by atoms with Crippen molar-refractivity contribution in [1.29, 1.82) is 0 Å². The summed E-state index contributed by atoms with van der Waals surface area (Å²) in [6.45, 7) is 2.76. The van der Waals surface area contributed by atoms with Crippen LogP contribution >= 0.6 is 0 Å². The summed E-state index contributed by atoms with van der Waals surface area (Å²) in [5.41, 5.74) is 3.04.